The Bertz CT molecular complexity index is 211. The fraction of sp³-hybridized carbons (Fsp3) is 1.00. The molecule has 0 radical (unpaired) electrons. The molecule has 1 heterocycles. The SMILES string of the molecule is CCCCCCCCCC(O)N1CCCC1COC. The van der Waals surface area contributed by atoms with Gasteiger partial charge in [0.1, 0.15) is 6.23 Å². The quantitative estimate of drug-likeness (QED) is 0.583. The molecule has 2 unspecified atom stereocenters. The molecule has 1 aliphatic heterocycles. The molecule has 0 saturated carbocycles. The zero-order valence-electron chi connectivity index (χ0n) is 12.9. The van der Waals surface area contributed by atoms with E-state index in [-0.39, 0.29) is 6.23 Å². The molecule has 0 aliphatic carbocycles. The Morgan fingerprint density at radius 2 is 1.84 bits per heavy atom. The van der Waals surface area contributed by atoms with Gasteiger partial charge in [-0.15, -0.1) is 0 Å². The summed E-state index contributed by atoms with van der Waals surface area (Å²) in [6, 6.07) is 0.435. The second kappa shape index (κ2) is 10.6. The number of likely N-dealkylation sites (tertiary alicyclic amines) is 1. The Morgan fingerprint density at radius 1 is 1.16 bits per heavy atom. The third kappa shape index (κ3) is 6.73. The lowest BCUT2D eigenvalue weighted by molar-refractivity contribution is -0.0297. The van der Waals surface area contributed by atoms with E-state index in [0.717, 1.165) is 26.0 Å². The van der Waals surface area contributed by atoms with Crippen LogP contribution in [0.5, 0.6) is 0 Å². The van der Waals surface area contributed by atoms with Gasteiger partial charge < -0.3 is 9.84 Å². The first-order chi connectivity index (χ1) is 9.29. The molecule has 19 heavy (non-hydrogen) atoms. The second-order valence-corrected chi connectivity index (χ2v) is 5.88. The maximum absolute atomic E-state index is 10.3. The summed E-state index contributed by atoms with van der Waals surface area (Å²) in [6.45, 7) is 4.04. The maximum Gasteiger partial charge on any atom is 0.107 e. The molecule has 0 spiro atoms. The van der Waals surface area contributed by atoms with E-state index in [9.17, 15) is 5.11 Å². The fourth-order valence-electron chi connectivity index (χ4n) is 3.07. The molecule has 114 valence electrons. The van der Waals surface area contributed by atoms with Crippen LogP contribution < -0.4 is 0 Å². The van der Waals surface area contributed by atoms with Crippen molar-refractivity contribution in [1.29, 1.82) is 0 Å². The lowest BCUT2D eigenvalue weighted by atomic mass is 10.1. The Kier molecular flexibility index (Phi) is 9.48. The first kappa shape index (κ1) is 16.9. The Morgan fingerprint density at radius 3 is 2.53 bits per heavy atom. The van der Waals surface area contributed by atoms with E-state index in [0.29, 0.717) is 6.04 Å². The van der Waals surface area contributed by atoms with Gasteiger partial charge in [0, 0.05) is 19.7 Å². The molecule has 2 atom stereocenters. The van der Waals surface area contributed by atoms with E-state index in [1.54, 1.807) is 7.11 Å². The Labute approximate surface area is 119 Å². The van der Waals surface area contributed by atoms with Crippen molar-refractivity contribution in [3.63, 3.8) is 0 Å². The maximum atomic E-state index is 10.3. The lowest BCUT2D eigenvalue weighted by Gasteiger charge is -2.29. The Balaban J connectivity index is 2.05. The molecule has 1 saturated heterocycles. The van der Waals surface area contributed by atoms with Gasteiger partial charge >= 0.3 is 0 Å². The van der Waals surface area contributed by atoms with Crippen LogP contribution >= 0.6 is 0 Å². The molecule has 0 amide bonds. The highest BCUT2D eigenvalue weighted by atomic mass is 16.5. The molecule has 0 aromatic carbocycles. The summed E-state index contributed by atoms with van der Waals surface area (Å²) in [7, 11) is 1.75. The monoisotopic (exact) mass is 271 g/mol. The van der Waals surface area contributed by atoms with Crippen LogP contribution in [0.1, 0.15) is 71.1 Å². The number of methoxy groups -OCH3 is 1. The van der Waals surface area contributed by atoms with Crippen LogP contribution in [-0.4, -0.2) is 42.5 Å². The first-order valence-corrected chi connectivity index (χ1v) is 8.22. The van der Waals surface area contributed by atoms with Crippen LogP contribution in [0.3, 0.4) is 0 Å². The summed E-state index contributed by atoms with van der Waals surface area (Å²) in [5, 5.41) is 10.3. The van der Waals surface area contributed by atoms with Crippen molar-refractivity contribution in [2.75, 3.05) is 20.3 Å². The minimum atomic E-state index is -0.252. The summed E-state index contributed by atoms with van der Waals surface area (Å²) >= 11 is 0. The molecule has 0 aromatic heterocycles. The molecule has 0 aromatic rings. The van der Waals surface area contributed by atoms with Crippen LogP contribution in [0.15, 0.2) is 0 Å². The highest BCUT2D eigenvalue weighted by molar-refractivity contribution is 4.80. The van der Waals surface area contributed by atoms with E-state index < -0.39 is 0 Å². The van der Waals surface area contributed by atoms with Crippen molar-refractivity contribution in [1.82, 2.24) is 4.90 Å². The largest absolute Gasteiger partial charge is 0.383 e. The minimum absolute atomic E-state index is 0.252. The number of hydrogen-bond donors (Lipinski definition) is 1. The van der Waals surface area contributed by atoms with E-state index in [1.165, 1.54) is 51.4 Å². The van der Waals surface area contributed by atoms with Crippen molar-refractivity contribution >= 4 is 0 Å². The molecular weight excluding hydrogens is 238 g/mol. The third-order valence-corrected chi connectivity index (χ3v) is 4.23. The number of ether oxygens (including phenoxy) is 1. The first-order valence-electron chi connectivity index (χ1n) is 8.22. The van der Waals surface area contributed by atoms with Gasteiger partial charge in [0.25, 0.3) is 0 Å². The standard InChI is InChI=1S/C16H33NO2/c1-3-4-5-6-7-8-9-12-16(18)17-13-10-11-15(17)14-19-2/h15-16,18H,3-14H2,1-2H3. The number of aliphatic hydroxyl groups excluding tert-OH is 1. The zero-order valence-corrected chi connectivity index (χ0v) is 12.9. The van der Waals surface area contributed by atoms with Gasteiger partial charge in [-0.1, -0.05) is 45.4 Å². The van der Waals surface area contributed by atoms with E-state index in [4.69, 9.17) is 4.74 Å². The summed E-state index contributed by atoms with van der Waals surface area (Å²) < 4.78 is 5.23. The van der Waals surface area contributed by atoms with E-state index >= 15 is 0 Å². The fourth-order valence-corrected chi connectivity index (χ4v) is 3.07. The molecule has 1 N–H and O–H groups in total. The summed E-state index contributed by atoms with van der Waals surface area (Å²) in [6.07, 6.45) is 12.2. The third-order valence-electron chi connectivity index (χ3n) is 4.23. The van der Waals surface area contributed by atoms with Gasteiger partial charge in [-0.25, -0.2) is 0 Å². The van der Waals surface area contributed by atoms with Crippen LogP contribution in [0.4, 0.5) is 0 Å². The molecule has 3 heteroatoms. The Hall–Kier alpha value is -0.120. The highest BCUT2D eigenvalue weighted by Gasteiger charge is 2.28. The van der Waals surface area contributed by atoms with Crippen molar-refractivity contribution < 1.29 is 9.84 Å². The summed E-state index contributed by atoms with van der Waals surface area (Å²) in [4.78, 5) is 2.24. The van der Waals surface area contributed by atoms with E-state index in [2.05, 4.69) is 11.8 Å². The molecule has 3 nitrogen and oxygen atoms in total. The molecule has 0 bridgehead atoms. The van der Waals surface area contributed by atoms with Gasteiger partial charge in [-0.2, -0.15) is 0 Å². The van der Waals surface area contributed by atoms with Gasteiger partial charge in [-0.05, 0) is 25.7 Å². The predicted molar refractivity (Wildman–Crippen MR) is 80.2 cm³/mol. The van der Waals surface area contributed by atoms with Crippen molar-refractivity contribution in [3.05, 3.63) is 0 Å². The minimum Gasteiger partial charge on any atom is -0.383 e. The van der Waals surface area contributed by atoms with Gasteiger partial charge in [-0.3, -0.25) is 4.90 Å². The smallest absolute Gasteiger partial charge is 0.107 e. The number of nitrogens with zero attached hydrogens (tertiary/aromatic N) is 1. The second-order valence-electron chi connectivity index (χ2n) is 5.88. The molecular formula is C16H33NO2. The molecule has 1 fully saturated rings. The highest BCUT2D eigenvalue weighted by Crippen LogP contribution is 2.22. The predicted octanol–water partition coefficient (Wildman–Crippen LogP) is 3.56. The van der Waals surface area contributed by atoms with Crippen LogP contribution in [0.2, 0.25) is 0 Å². The summed E-state index contributed by atoms with van der Waals surface area (Å²) in [5.41, 5.74) is 0. The van der Waals surface area contributed by atoms with Crippen molar-refractivity contribution in [2.24, 2.45) is 0 Å². The van der Waals surface area contributed by atoms with Crippen molar-refractivity contribution in [2.45, 2.75) is 83.4 Å². The number of hydrogen-bond acceptors (Lipinski definition) is 3. The van der Waals surface area contributed by atoms with Crippen molar-refractivity contribution in [3.8, 4) is 0 Å². The number of rotatable bonds is 11. The van der Waals surface area contributed by atoms with Crippen LogP contribution in [0.25, 0.3) is 0 Å². The number of aliphatic hydroxyl groups is 1. The zero-order chi connectivity index (χ0) is 13.9. The summed E-state index contributed by atoms with van der Waals surface area (Å²) in [5.74, 6) is 0. The molecule has 1 aliphatic rings. The van der Waals surface area contributed by atoms with E-state index in [1.807, 2.05) is 0 Å². The lowest BCUT2D eigenvalue weighted by Crippen LogP contribution is -2.41. The van der Waals surface area contributed by atoms with Crippen LogP contribution in [-0.2, 0) is 4.74 Å². The topological polar surface area (TPSA) is 32.7 Å². The molecule has 1 rings (SSSR count). The van der Waals surface area contributed by atoms with Gasteiger partial charge in [0.15, 0.2) is 0 Å². The number of unbranched alkanes of at least 4 members (excludes halogenated alkanes) is 6. The van der Waals surface area contributed by atoms with Crippen LogP contribution in [0, 0.1) is 0 Å². The normalized spacial score (nSPS) is 21.9. The average molecular weight is 271 g/mol. The van der Waals surface area contributed by atoms with Gasteiger partial charge in [0.2, 0.25) is 0 Å². The van der Waals surface area contributed by atoms with Gasteiger partial charge in [0.05, 0.1) is 6.61 Å². The average Bonchev–Trinajstić information content (AvgIpc) is 2.86.